The number of aryl methyl sites for hydroxylation is 2. The quantitative estimate of drug-likeness (QED) is 0.855. The fourth-order valence-corrected chi connectivity index (χ4v) is 2.10. The lowest BCUT2D eigenvalue weighted by Gasteiger charge is -2.08. The van der Waals surface area contributed by atoms with Gasteiger partial charge in [0.2, 0.25) is 0 Å². The molecule has 0 fully saturated rings. The summed E-state index contributed by atoms with van der Waals surface area (Å²) >= 11 is 0. The summed E-state index contributed by atoms with van der Waals surface area (Å²) in [5.74, 6) is 0.918. The number of methoxy groups -OCH3 is 1. The van der Waals surface area contributed by atoms with Crippen molar-refractivity contribution in [1.82, 2.24) is 4.57 Å². The number of rotatable bonds is 4. The van der Waals surface area contributed by atoms with Crippen LogP contribution >= 0.6 is 0 Å². The highest BCUT2D eigenvalue weighted by Gasteiger charge is 2.06. The van der Waals surface area contributed by atoms with Crippen molar-refractivity contribution in [1.29, 1.82) is 0 Å². The predicted octanol–water partition coefficient (Wildman–Crippen LogP) is 2.31. The molecule has 0 saturated carbocycles. The highest BCUT2D eigenvalue weighted by Crippen LogP contribution is 2.25. The van der Waals surface area contributed by atoms with Crippen molar-refractivity contribution in [3.8, 4) is 5.75 Å². The summed E-state index contributed by atoms with van der Waals surface area (Å²) < 4.78 is 7.53. The van der Waals surface area contributed by atoms with Gasteiger partial charge in [0, 0.05) is 18.1 Å². The molecule has 3 heteroatoms. The van der Waals surface area contributed by atoms with E-state index in [1.165, 1.54) is 16.5 Å². The van der Waals surface area contributed by atoms with E-state index in [9.17, 15) is 0 Å². The predicted molar refractivity (Wildman–Crippen MR) is 66.9 cm³/mol. The zero-order chi connectivity index (χ0) is 11.5. The monoisotopic (exact) mass is 218 g/mol. The van der Waals surface area contributed by atoms with Gasteiger partial charge in [0.1, 0.15) is 5.75 Å². The van der Waals surface area contributed by atoms with Gasteiger partial charge in [-0.05, 0) is 43.7 Å². The molecule has 0 unspecified atom stereocenters. The van der Waals surface area contributed by atoms with E-state index in [1.54, 1.807) is 7.11 Å². The van der Waals surface area contributed by atoms with Gasteiger partial charge in [-0.1, -0.05) is 0 Å². The number of ether oxygens (including phenoxy) is 1. The van der Waals surface area contributed by atoms with Crippen molar-refractivity contribution in [2.75, 3.05) is 13.7 Å². The molecule has 0 aliphatic rings. The maximum atomic E-state index is 5.54. The third-order valence-electron chi connectivity index (χ3n) is 2.86. The molecule has 0 amide bonds. The molecule has 86 valence electrons. The molecule has 2 aromatic rings. The van der Waals surface area contributed by atoms with Crippen LogP contribution in [-0.4, -0.2) is 18.2 Å². The van der Waals surface area contributed by atoms with Crippen LogP contribution < -0.4 is 10.5 Å². The normalized spacial score (nSPS) is 10.9. The van der Waals surface area contributed by atoms with Crippen molar-refractivity contribution >= 4 is 10.9 Å². The smallest absolute Gasteiger partial charge is 0.119 e. The Morgan fingerprint density at radius 2 is 2.19 bits per heavy atom. The first-order valence-electron chi connectivity index (χ1n) is 5.60. The van der Waals surface area contributed by atoms with E-state index >= 15 is 0 Å². The average Bonchev–Trinajstić information content (AvgIpc) is 2.69. The largest absolute Gasteiger partial charge is 0.497 e. The molecular weight excluding hydrogens is 200 g/mol. The Labute approximate surface area is 95.8 Å². The highest BCUT2D eigenvalue weighted by molar-refractivity contribution is 5.84. The van der Waals surface area contributed by atoms with E-state index in [1.807, 2.05) is 0 Å². The van der Waals surface area contributed by atoms with Crippen LogP contribution in [0.25, 0.3) is 10.9 Å². The maximum Gasteiger partial charge on any atom is 0.119 e. The van der Waals surface area contributed by atoms with Crippen molar-refractivity contribution in [2.24, 2.45) is 5.73 Å². The molecule has 2 rings (SSSR count). The molecule has 1 aromatic carbocycles. The van der Waals surface area contributed by atoms with E-state index in [0.29, 0.717) is 0 Å². The summed E-state index contributed by atoms with van der Waals surface area (Å²) in [4.78, 5) is 0. The molecule has 0 atom stereocenters. The summed E-state index contributed by atoms with van der Waals surface area (Å²) in [5.41, 5.74) is 8.07. The van der Waals surface area contributed by atoms with E-state index in [-0.39, 0.29) is 0 Å². The minimum atomic E-state index is 0.731. The van der Waals surface area contributed by atoms with Crippen LogP contribution in [0, 0.1) is 6.92 Å². The molecular formula is C13H18N2O. The van der Waals surface area contributed by atoms with Crippen LogP contribution in [0.1, 0.15) is 12.0 Å². The van der Waals surface area contributed by atoms with Gasteiger partial charge in [0.25, 0.3) is 0 Å². The molecule has 0 bridgehead atoms. The van der Waals surface area contributed by atoms with E-state index in [2.05, 4.69) is 35.9 Å². The van der Waals surface area contributed by atoms with Gasteiger partial charge in [-0.3, -0.25) is 0 Å². The van der Waals surface area contributed by atoms with E-state index < -0.39 is 0 Å². The molecule has 16 heavy (non-hydrogen) atoms. The van der Waals surface area contributed by atoms with Crippen LogP contribution in [-0.2, 0) is 6.54 Å². The van der Waals surface area contributed by atoms with Crippen LogP contribution in [0.2, 0.25) is 0 Å². The molecule has 0 saturated heterocycles. The van der Waals surface area contributed by atoms with Crippen LogP contribution in [0.4, 0.5) is 0 Å². The lowest BCUT2D eigenvalue weighted by molar-refractivity contribution is 0.415. The van der Waals surface area contributed by atoms with Gasteiger partial charge in [0.05, 0.1) is 12.6 Å². The highest BCUT2D eigenvalue weighted by atomic mass is 16.5. The Hall–Kier alpha value is -1.48. The fourth-order valence-electron chi connectivity index (χ4n) is 2.10. The average molecular weight is 218 g/mol. The van der Waals surface area contributed by atoms with E-state index in [0.717, 1.165) is 25.3 Å². The molecule has 1 aromatic heterocycles. The second-order valence-electron chi connectivity index (χ2n) is 4.03. The first kappa shape index (κ1) is 11.0. The molecule has 2 N–H and O–H groups in total. The fraction of sp³-hybridized carbons (Fsp3) is 0.385. The van der Waals surface area contributed by atoms with E-state index in [4.69, 9.17) is 10.5 Å². The second kappa shape index (κ2) is 4.58. The van der Waals surface area contributed by atoms with Gasteiger partial charge in [-0.15, -0.1) is 0 Å². The molecule has 0 radical (unpaired) electrons. The Morgan fingerprint density at radius 1 is 1.38 bits per heavy atom. The summed E-state index contributed by atoms with van der Waals surface area (Å²) in [6.07, 6.45) is 3.13. The van der Waals surface area contributed by atoms with Gasteiger partial charge in [0.15, 0.2) is 0 Å². The van der Waals surface area contributed by atoms with Crippen molar-refractivity contribution < 1.29 is 4.74 Å². The first-order chi connectivity index (χ1) is 7.76. The molecule has 0 aliphatic heterocycles. The SMILES string of the molecule is COc1cc(C)c2c(ccn2CCCN)c1. The lowest BCUT2D eigenvalue weighted by Crippen LogP contribution is -2.05. The molecule has 1 heterocycles. The van der Waals surface area contributed by atoms with Crippen molar-refractivity contribution in [2.45, 2.75) is 19.9 Å². The van der Waals surface area contributed by atoms with Crippen LogP contribution in [0.3, 0.4) is 0 Å². The zero-order valence-corrected chi connectivity index (χ0v) is 9.86. The minimum Gasteiger partial charge on any atom is -0.497 e. The number of hydrogen-bond acceptors (Lipinski definition) is 2. The third-order valence-corrected chi connectivity index (χ3v) is 2.86. The lowest BCUT2D eigenvalue weighted by atomic mass is 10.1. The first-order valence-corrected chi connectivity index (χ1v) is 5.60. The molecule has 0 spiro atoms. The summed E-state index contributed by atoms with van der Waals surface area (Å²) in [7, 11) is 1.70. The van der Waals surface area contributed by atoms with Gasteiger partial charge in [-0.25, -0.2) is 0 Å². The number of fused-ring (bicyclic) bond motifs is 1. The number of hydrogen-bond donors (Lipinski definition) is 1. The van der Waals surface area contributed by atoms with Crippen LogP contribution in [0.15, 0.2) is 24.4 Å². The third kappa shape index (κ3) is 1.91. The Balaban J connectivity index is 2.46. The van der Waals surface area contributed by atoms with Gasteiger partial charge in [-0.2, -0.15) is 0 Å². The summed E-state index contributed by atoms with van der Waals surface area (Å²) in [6, 6.07) is 6.27. The summed E-state index contributed by atoms with van der Waals surface area (Å²) in [5, 5.41) is 1.23. The van der Waals surface area contributed by atoms with Crippen molar-refractivity contribution in [3.63, 3.8) is 0 Å². The van der Waals surface area contributed by atoms with Gasteiger partial charge >= 0.3 is 0 Å². The topological polar surface area (TPSA) is 40.2 Å². The number of nitrogens with two attached hydrogens (primary N) is 1. The Kier molecular flexibility index (Phi) is 3.15. The maximum absolute atomic E-state index is 5.54. The Bertz CT molecular complexity index is 488. The molecule has 0 aliphatic carbocycles. The standard InChI is InChI=1S/C13H18N2O/c1-10-8-12(16-2)9-11-4-7-15(13(10)11)6-3-5-14/h4,7-9H,3,5-6,14H2,1-2H3. The Morgan fingerprint density at radius 3 is 2.88 bits per heavy atom. The minimum absolute atomic E-state index is 0.731. The van der Waals surface area contributed by atoms with Crippen molar-refractivity contribution in [3.05, 3.63) is 30.0 Å². The van der Waals surface area contributed by atoms with Crippen LogP contribution in [0.5, 0.6) is 5.75 Å². The molecule has 3 nitrogen and oxygen atoms in total. The number of nitrogens with zero attached hydrogens (tertiary/aromatic N) is 1. The van der Waals surface area contributed by atoms with Gasteiger partial charge < -0.3 is 15.0 Å². The zero-order valence-electron chi connectivity index (χ0n) is 9.86. The number of benzene rings is 1. The number of aromatic nitrogens is 1. The second-order valence-corrected chi connectivity index (χ2v) is 4.03. The summed E-state index contributed by atoms with van der Waals surface area (Å²) in [6.45, 7) is 3.83.